The fraction of sp³-hybridized carbons (Fsp3) is 0.538. The van der Waals surface area contributed by atoms with Crippen molar-refractivity contribution in [2.24, 2.45) is 5.92 Å². The lowest BCUT2D eigenvalue weighted by Crippen LogP contribution is -2.32. The molecule has 3 nitrogen and oxygen atoms in total. The first-order valence-corrected chi connectivity index (χ1v) is 8.45. The molecule has 0 aliphatic heterocycles. The molecule has 0 aliphatic carbocycles. The quantitative estimate of drug-likeness (QED) is 0.828. The molecule has 0 saturated heterocycles. The molecule has 1 atom stereocenters. The molecule has 0 aromatic heterocycles. The summed E-state index contributed by atoms with van der Waals surface area (Å²) in [6.07, 6.45) is 0. The van der Waals surface area contributed by atoms with Crippen molar-refractivity contribution in [2.45, 2.75) is 37.4 Å². The summed E-state index contributed by atoms with van der Waals surface area (Å²) in [5.41, 5.74) is 0.835. The van der Waals surface area contributed by atoms with Gasteiger partial charge in [0.2, 0.25) is 10.0 Å². The Balaban J connectivity index is 3.02. The third kappa shape index (κ3) is 4.26. The van der Waals surface area contributed by atoms with Gasteiger partial charge in [-0.2, -0.15) is 0 Å². The normalized spacial score (nSPS) is 13.8. The third-order valence-corrected chi connectivity index (χ3v) is 5.99. The molecule has 0 fully saturated rings. The number of nitrogens with one attached hydrogen (secondary N) is 1. The molecule has 6 heteroatoms. The first-order chi connectivity index (χ1) is 8.65. The topological polar surface area (TPSA) is 46.2 Å². The average Bonchev–Trinajstić information content (AvgIpc) is 2.23. The van der Waals surface area contributed by atoms with E-state index < -0.39 is 15.8 Å². The number of benzene rings is 1. The van der Waals surface area contributed by atoms with Crippen LogP contribution in [0.25, 0.3) is 0 Å². The summed E-state index contributed by atoms with van der Waals surface area (Å²) < 4.78 is 40.3. The zero-order chi connectivity index (χ0) is 14.8. The summed E-state index contributed by atoms with van der Waals surface area (Å²) in [4.78, 5) is 0.223. The minimum atomic E-state index is -3.61. The van der Waals surface area contributed by atoms with E-state index in [4.69, 9.17) is 0 Å². The van der Waals surface area contributed by atoms with Crippen LogP contribution in [-0.2, 0) is 10.0 Å². The maximum absolute atomic E-state index is 13.2. The van der Waals surface area contributed by atoms with Crippen LogP contribution in [0, 0.1) is 25.6 Å². The van der Waals surface area contributed by atoms with E-state index in [0.717, 1.165) is 0 Å². The first-order valence-electron chi connectivity index (χ1n) is 6.05. The van der Waals surface area contributed by atoms with Crippen molar-refractivity contribution < 1.29 is 12.8 Å². The van der Waals surface area contributed by atoms with Gasteiger partial charge in [0, 0.05) is 11.4 Å². The Bertz CT molecular complexity index is 535. The molecule has 1 aromatic carbocycles. The van der Waals surface area contributed by atoms with Crippen molar-refractivity contribution in [1.29, 1.82) is 0 Å². The van der Waals surface area contributed by atoms with Crippen LogP contribution in [0.3, 0.4) is 0 Å². The Morgan fingerprint density at radius 3 is 2.16 bits per heavy atom. The van der Waals surface area contributed by atoms with Crippen LogP contribution in [-0.4, -0.2) is 19.8 Å². The van der Waals surface area contributed by atoms with Crippen molar-refractivity contribution in [3.8, 4) is 0 Å². The Kier molecular flexibility index (Phi) is 5.53. The van der Waals surface area contributed by atoms with E-state index in [-0.39, 0.29) is 9.72 Å². The predicted octanol–water partition coefficient (Wildman–Crippen LogP) is 3.14. The lowest BCUT2D eigenvalue weighted by atomic mass is 10.1. The molecule has 0 aliphatic rings. The maximum atomic E-state index is 13.2. The number of hydrogen-bond acceptors (Lipinski definition) is 2. The van der Waals surface area contributed by atoms with E-state index >= 15 is 0 Å². The van der Waals surface area contributed by atoms with Crippen molar-refractivity contribution in [3.63, 3.8) is 0 Å². The summed E-state index contributed by atoms with van der Waals surface area (Å²) in [6, 6.07) is 2.46. The van der Waals surface area contributed by atoms with E-state index in [2.05, 4.69) is 20.7 Å². The fourth-order valence-electron chi connectivity index (χ4n) is 1.82. The number of aryl methyl sites for hydroxylation is 2. The van der Waals surface area contributed by atoms with Crippen molar-refractivity contribution in [2.75, 3.05) is 6.54 Å². The number of halogens is 2. The maximum Gasteiger partial charge on any atom is 0.241 e. The van der Waals surface area contributed by atoms with Crippen LogP contribution in [0.4, 0.5) is 4.39 Å². The van der Waals surface area contributed by atoms with Crippen molar-refractivity contribution >= 4 is 26.0 Å². The van der Waals surface area contributed by atoms with Crippen molar-refractivity contribution in [3.05, 3.63) is 29.1 Å². The molecular formula is C13H19BrFNO2S. The Hall–Kier alpha value is -0.460. The van der Waals surface area contributed by atoms with E-state index in [1.807, 2.05) is 13.8 Å². The largest absolute Gasteiger partial charge is 0.241 e. The third-order valence-electron chi connectivity index (χ3n) is 2.89. The Labute approximate surface area is 122 Å². The lowest BCUT2D eigenvalue weighted by molar-refractivity contribution is 0.561. The van der Waals surface area contributed by atoms with Gasteiger partial charge in [-0.05, 0) is 43.0 Å². The molecule has 0 amide bonds. The van der Waals surface area contributed by atoms with Crippen LogP contribution in [0.1, 0.15) is 25.0 Å². The molecule has 1 aromatic rings. The predicted molar refractivity (Wildman–Crippen MR) is 78.6 cm³/mol. The number of rotatable bonds is 5. The minimum Gasteiger partial charge on any atom is -0.210 e. The minimum absolute atomic E-state index is 0.0586. The summed E-state index contributed by atoms with van der Waals surface area (Å²) in [5, 5.41) is 0. The van der Waals surface area contributed by atoms with Gasteiger partial charge in [0.1, 0.15) is 5.82 Å². The molecule has 19 heavy (non-hydrogen) atoms. The standard InChI is InChI=1S/C13H19BrFNO2S/c1-8(2)12(14)7-16-19(17,18)13-9(3)5-11(15)6-10(13)4/h5-6,8,12,16H,7H2,1-4H3. The van der Waals surface area contributed by atoms with Gasteiger partial charge in [0.15, 0.2) is 0 Å². The zero-order valence-corrected chi connectivity index (χ0v) is 13.9. The average molecular weight is 352 g/mol. The molecule has 0 saturated carbocycles. The lowest BCUT2D eigenvalue weighted by Gasteiger charge is -2.16. The summed E-state index contributed by atoms with van der Waals surface area (Å²) in [6.45, 7) is 7.50. The highest BCUT2D eigenvalue weighted by atomic mass is 79.9. The first kappa shape index (κ1) is 16.6. The van der Waals surface area contributed by atoms with Crippen LogP contribution >= 0.6 is 15.9 Å². The van der Waals surface area contributed by atoms with Crippen molar-refractivity contribution in [1.82, 2.24) is 4.72 Å². The van der Waals surface area contributed by atoms with Gasteiger partial charge in [0.05, 0.1) is 4.90 Å². The van der Waals surface area contributed by atoms with Gasteiger partial charge < -0.3 is 0 Å². The molecule has 0 heterocycles. The van der Waals surface area contributed by atoms with Crippen LogP contribution < -0.4 is 4.72 Å². The molecule has 1 rings (SSSR count). The monoisotopic (exact) mass is 351 g/mol. The molecule has 108 valence electrons. The second-order valence-corrected chi connectivity index (χ2v) is 7.86. The Morgan fingerprint density at radius 2 is 1.74 bits per heavy atom. The second kappa shape index (κ2) is 6.33. The van der Waals surface area contributed by atoms with Gasteiger partial charge in [-0.15, -0.1) is 0 Å². The second-order valence-electron chi connectivity index (χ2n) is 4.98. The molecule has 0 bridgehead atoms. The fourth-order valence-corrected chi connectivity index (χ4v) is 3.70. The molecule has 0 radical (unpaired) electrons. The van der Waals surface area contributed by atoms with Gasteiger partial charge >= 0.3 is 0 Å². The highest BCUT2D eigenvalue weighted by Gasteiger charge is 2.21. The molecule has 1 N–H and O–H groups in total. The van der Waals surface area contributed by atoms with Gasteiger partial charge in [-0.25, -0.2) is 17.5 Å². The van der Waals surface area contributed by atoms with Crippen LogP contribution in [0.2, 0.25) is 0 Å². The highest BCUT2D eigenvalue weighted by Crippen LogP contribution is 2.21. The Morgan fingerprint density at radius 1 is 1.26 bits per heavy atom. The van der Waals surface area contributed by atoms with Gasteiger partial charge in [0.25, 0.3) is 0 Å². The smallest absolute Gasteiger partial charge is 0.210 e. The number of hydrogen-bond donors (Lipinski definition) is 1. The summed E-state index contributed by atoms with van der Waals surface area (Å²) in [7, 11) is -3.61. The van der Waals surface area contributed by atoms with Gasteiger partial charge in [-0.1, -0.05) is 29.8 Å². The van der Waals surface area contributed by atoms with Crippen LogP contribution in [0.15, 0.2) is 17.0 Å². The van der Waals surface area contributed by atoms with Gasteiger partial charge in [-0.3, -0.25) is 0 Å². The summed E-state index contributed by atoms with van der Waals surface area (Å²) in [5.74, 6) is -0.104. The molecule has 1 unspecified atom stereocenters. The van der Waals surface area contributed by atoms with E-state index in [0.29, 0.717) is 23.6 Å². The SMILES string of the molecule is Cc1cc(F)cc(C)c1S(=O)(=O)NCC(Br)C(C)C. The van der Waals surface area contributed by atoms with E-state index in [9.17, 15) is 12.8 Å². The van der Waals surface area contributed by atoms with Crippen LogP contribution in [0.5, 0.6) is 0 Å². The van der Waals surface area contributed by atoms with E-state index in [1.54, 1.807) is 13.8 Å². The number of alkyl halides is 1. The number of sulfonamides is 1. The summed E-state index contributed by atoms with van der Waals surface area (Å²) >= 11 is 3.43. The highest BCUT2D eigenvalue weighted by molar-refractivity contribution is 9.09. The molecular weight excluding hydrogens is 333 g/mol. The molecule has 0 spiro atoms. The van der Waals surface area contributed by atoms with E-state index in [1.165, 1.54) is 12.1 Å². The zero-order valence-electron chi connectivity index (χ0n) is 11.5.